The Hall–Kier alpha value is -2.80. The summed E-state index contributed by atoms with van der Waals surface area (Å²) in [5.74, 6) is -1.15. The largest absolute Gasteiger partial charge is 0.339 e. The van der Waals surface area contributed by atoms with Crippen LogP contribution in [0.5, 0.6) is 0 Å². The van der Waals surface area contributed by atoms with Gasteiger partial charge in [0.15, 0.2) is 5.82 Å². The summed E-state index contributed by atoms with van der Waals surface area (Å²) in [4.78, 5) is 4.15. The molecule has 5 nitrogen and oxygen atoms in total. The Balaban J connectivity index is 1.84. The Morgan fingerprint density at radius 3 is 2.50 bits per heavy atom. The number of hydrogen-bond acceptors (Lipinski definition) is 5. The van der Waals surface area contributed by atoms with Crippen LogP contribution in [-0.4, -0.2) is 15.2 Å². The highest BCUT2D eigenvalue weighted by atomic mass is 35.5. The van der Waals surface area contributed by atoms with E-state index in [2.05, 4.69) is 25.8 Å². The van der Waals surface area contributed by atoms with Crippen molar-refractivity contribution in [3.63, 3.8) is 0 Å². The lowest BCUT2D eigenvalue weighted by atomic mass is 10.2. The monoisotopic (exact) mass is 347 g/mol. The first-order chi connectivity index (χ1) is 11.5. The van der Waals surface area contributed by atoms with Crippen molar-refractivity contribution in [3.8, 4) is 0 Å². The van der Waals surface area contributed by atoms with E-state index in [4.69, 9.17) is 11.6 Å². The van der Waals surface area contributed by atoms with Gasteiger partial charge in [0, 0.05) is 10.7 Å². The van der Waals surface area contributed by atoms with Gasteiger partial charge in [-0.15, -0.1) is 5.10 Å². The lowest BCUT2D eigenvalue weighted by Crippen LogP contribution is -2.05. The van der Waals surface area contributed by atoms with Gasteiger partial charge in [-0.05, 0) is 42.8 Å². The van der Waals surface area contributed by atoms with Gasteiger partial charge in [0.25, 0.3) is 0 Å². The summed E-state index contributed by atoms with van der Waals surface area (Å²) in [6, 6.07) is 8.88. The number of nitrogens with zero attached hydrogens (tertiary/aromatic N) is 3. The fraction of sp³-hybridized carbons (Fsp3) is 0.0625. The third kappa shape index (κ3) is 3.57. The number of rotatable bonds is 4. The second-order valence-corrected chi connectivity index (χ2v) is 5.41. The predicted octanol–water partition coefficient (Wildman–Crippen LogP) is 4.60. The highest BCUT2D eigenvalue weighted by molar-refractivity contribution is 6.30. The van der Waals surface area contributed by atoms with Gasteiger partial charge < -0.3 is 10.6 Å². The van der Waals surface area contributed by atoms with Crippen molar-refractivity contribution in [1.82, 2.24) is 15.2 Å². The molecule has 8 heteroatoms. The highest BCUT2D eigenvalue weighted by Crippen LogP contribution is 2.24. The zero-order chi connectivity index (χ0) is 17.1. The van der Waals surface area contributed by atoms with E-state index in [0.29, 0.717) is 10.8 Å². The first-order valence-corrected chi connectivity index (χ1v) is 7.34. The number of aromatic nitrogens is 3. The molecule has 0 aliphatic heterocycles. The first-order valence-electron chi connectivity index (χ1n) is 6.97. The molecule has 0 unspecified atom stereocenters. The summed E-state index contributed by atoms with van der Waals surface area (Å²) in [5.41, 5.74) is 1.36. The molecule has 3 rings (SSSR count). The van der Waals surface area contributed by atoms with Gasteiger partial charge in [-0.25, -0.2) is 8.78 Å². The fourth-order valence-corrected chi connectivity index (χ4v) is 2.28. The molecule has 0 atom stereocenters. The summed E-state index contributed by atoms with van der Waals surface area (Å²) in [5, 5.41) is 13.7. The number of hydrogen-bond donors (Lipinski definition) is 2. The molecular weight excluding hydrogens is 336 g/mol. The normalized spacial score (nSPS) is 10.5. The van der Waals surface area contributed by atoms with Crippen LogP contribution in [0.4, 0.5) is 31.9 Å². The minimum absolute atomic E-state index is 0.0318. The van der Waals surface area contributed by atoms with Crippen molar-refractivity contribution in [2.75, 3.05) is 10.6 Å². The molecule has 2 aromatic carbocycles. The average Bonchev–Trinajstić information content (AvgIpc) is 2.54. The lowest BCUT2D eigenvalue weighted by molar-refractivity contribution is 0.590. The Morgan fingerprint density at radius 1 is 1.04 bits per heavy atom. The van der Waals surface area contributed by atoms with Crippen LogP contribution in [0.1, 0.15) is 5.56 Å². The third-order valence-electron chi connectivity index (χ3n) is 3.21. The fourth-order valence-electron chi connectivity index (χ4n) is 2.05. The summed E-state index contributed by atoms with van der Waals surface area (Å²) in [6.07, 6.45) is 1.40. The van der Waals surface area contributed by atoms with E-state index in [1.165, 1.54) is 12.3 Å². The summed E-state index contributed by atoms with van der Waals surface area (Å²) in [7, 11) is 0. The van der Waals surface area contributed by atoms with Crippen LogP contribution in [0.25, 0.3) is 0 Å². The minimum Gasteiger partial charge on any atom is -0.339 e. The van der Waals surface area contributed by atoms with Crippen molar-refractivity contribution in [1.29, 1.82) is 0 Å². The van der Waals surface area contributed by atoms with Gasteiger partial charge in [-0.2, -0.15) is 10.1 Å². The van der Waals surface area contributed by atoms with E-state index in [1.54, 1.807) is 18.2 Å². The quantitative estimate of drug-likeness (QED) is 0.722. The second-order valence-electron chi connectivity index (χ2n) is 4.97. The van der Waals surface area contributed by atoms with Gasteiger partial charge in [-0.3, -0.25) is 0 Å². The molecule has 2 N–H and O–H groups in total. The maximum Gasteiger partial charge on any atom is 0.249 e. The zero-order valence-corrected chi connectivity index (χ0v) is 13.3. The Bertz CT molecular complexity index is 868. The molecule has 0 radical (unpaired) electrons. The van der Waals surface area contributed by atoms with Crippen LogP contribution in [0.15, 0.2) is 42.6 Å². The van der Waals surface area contributed by atoms with Gasteiger partial charge in [0.1, 0.15) is 17.3 Å². The van der Waals surface area contributed by atoms with Gasteiger partial charge in [0.2, 0.25) is 5.95 Å². The van der Waals surface area contributed by atoms with Crippen molar-refractivity contribution < 1.29 is 8.78 Å². The highest BCUT2D eigenvalue weighted by Gasteiger charge is 2.11. The van der Waals surface area contributed by atoms with Crippen molar-refractivity contribution in [2.24, 2.45) is 0 Å². The number of benzene rings is 2. The van der Waals surface area contributed by atoms with E-state index >= 15 is 0 Å². The standard InChI is InChI=1S/C16H12ClF2N5/c1-9-7-10(17)5-6-13(9)21-14-8-20-24-16(22-14)23-15-11(18)3-2-4-12(15)19/h2-8H,1H3,(H2,21,22,23,24). The molecule has 0 saturated heterocycles. The average molecular weight is 348 g/mol. The first kappa shape index (κ1) is 16.1. The van der Waals surface area contributed by atoms with Crippen LogP contribution in [0.2, 0.25) is 5.02 Å². The van der Waals surface area contributed by atoms with E-state index in [9.17, 15) is 8.78 Å². The second kappa shape index (κ2) is 6.76. The van der Waals surface area contributed by atoms with E-state index in [-0.39, 0.29) is 11.6 Å². The van der Waals surface area contributed by atoms with Crippen molar-refractivity contribution in [3.05, 3.63) is 64.8 Å². The Labute approximate surface area is 141 Å². The number of para-hydroxylation sites is 1. The van der Waals surface area contributed by atoms with E-state index < -0.39 is 11.6 Å². The Kier molecular flexibility index (Phi) is 4.52. The molecule has 0 spiro atoms. The molecular formula is C16H12ClF2N5. The number of halogens is 3. The van der Waals surface area contributed by atoms with Gasteiger partial charge >= 0.3 is 0 Å². The number of anilines is 4. The molecule has 0 amide bonds. The number of aryl methyl sites for hydroxylation is 1. The van der Waals surface area contributed by atoms with Crippen LogP contribution >= 0.6 is 11.6 Å². The summed E-state index contributed by atoms with van der Waals surface area (Å²) >= 11 is 5.92. The summed E-state index contributed by atoms with van der Waals surface area (Å²) < 4.78 is 27.3. The van der Waals surface area contributed by atoms with Crippen LogP contribution < -0.4 is 10.6 Å². The van der Waals surface area contributed by atoms with Crippen LogP contribution in [0.3, 0.4) is 0 Å². The molecule has 0 aliphatic carbocycles. The maximum atomic E-state index is 13.7. The summed E-state index contributed by atoms with van der Waals surface area (Å²) in [6.45, 7) is 1.89. The molecule has 0 fully saturated rings. The molecule has 0 bridgehead atoms. The minimum atomic E-state index is -0.745. The molecule has 24 heavy (non-hydrogen) atoms. The maximum absolute atomic E-state index is 13.7. The Morgan fingerprint density at radius 2 is 1.79 bits per heavy atom. The zero-order valence-electron chi connectivity index (χ0n) is 12.5. The van der Waals surface area contributed by atoms with Gasteiger partial charge in [-0.1, -0.05) is 17.7 Å². The predicted molar refractivity (Wildman–Crippen MR) is 88.9 cm³/mol. The molecule has 1 heterocycles. The molecule has 0 aliphatic rings. The van der Waals surface area contributed by atoms with Crippen LogP contribution in [0, 0.1) is 18.6 Å². The lowest BCUT2D eigenvalue weighted by Gasteiger charge is -2.10. The van der Waals surface area contributed by atoms with Crippen molar-refractivity contribution >= 4 is 34.7 Å². The molecule has 122 valence electrons. The van der Waals surface area contributed by atoms with Crippen molar-refractivity contribution in [2.45, 2.75) is 6.92 Å². The van der Waals surface area contributed by atoms with Crippen LogP contribution in [-0.2, 0) is 0 Å². The molecule has 1 aromatic heterocycles. The number of nitrogens with one attached hydrogen (secondary N) is 2. The molecule has 3 aromatic rings. The van der Waals surface area contributed by atoms with E-state index in [0.717, 1.165) is 23.4 Å². The van der Waals surface area contributed by atoms with E-state index in [1.807, 2.05) is 6.92 Å². The third-order valence-corrected chi connectivity index (χ3v) is 3.44. The SMILES string of the molecule is Cc1cc(Cl)ccc1Nc1cnnc(Nc2c(F)cccc2F)n1. The van der Waals surface area contributed by atoms with Gasteiger partial charge in [0.05, 0.1) is 6.20 Å². The topological polar surface area (TPSA) is 62.7 Å². The smallest absolute Gasteiger partial charge is 0.249 e. The molecule has 0 saturated carbocycles.